The molecule has 2 atom stereocenters. The Hall–Kier alpha value is -2.16. The highest BCUT2D eigenvalue weighted by Gasteiger charge is 2.26. The smallest absolute Gasteiger partial charge is 0.233 e. The molecule has 7 nitrogen and oxygen atoms in total. The van der Waals surface area contributed by atoms with E-state index in [0.29, 0.717) is 29.5 Å². The first kappa shape index (κ1) is 19.2. The zero-order chi connectivity index (χ0) is 19.7. The van der Waals surface area contributed by atoms with E-state index in [1.807, 2.05) is 43.0 Å². The Labute approximate surface area is 172 Å². The number of carbonyl (C=O) groups is 1. The number of hydrogen-bond acceptors (Lipinski definition) is 6. The largest absolute Gasteiger partial charge is 0.372 e. The van der Waals surface area contributed by atoms with E-state index in [1.165, 1.54) is 18.1 Å². The number of carbonyl (C=O) groups excluding carboxylic acids is 1. The molecule has 0 N–H and O–H groups in total. The zero-order valence-corrected chi connectivity index (χ0v) is 17.2. The second-order valence-electron chi connectivity index (χ2n) is 6.79. The van der Waals surface area contributed by atoms with Gasteiger partial charge in [-0.3, -0.25) is 4.79 Å². The fraction of sp³-hybridized carbons (Fsp3) is 0.368. The van der Waals surface area contributed by atoms with Crippen LogP contribution in [-0.4, -0.2) is 61.6 Å². The highest BCUT2D eigenvalue weighted by atomic mass is 35.5. The molecule has 4 rings (SSSR count). The molecular formula is C19H20ClN5O2S. The van der Waals surface area contributed by atoms with Crippen LogP contribution in [0.2, 0.25) is 5.02 Å². The van der Waals surface area contributed by atoms with Gasteiger partial charge in [-0.15, -0.1) is 0 Å². The molecule has 1 aliphatic rings. The van der Waals surface area contributed by atoms with Gasteiger partial charge in [0.05, 0.1) is 35.2 Å². The summed E-state index contributed by atoms with van der Waals surface area (Å²) in [5.41, 5.74) is 1.56. The number of ether oxygens (including phenoxy) is 1. The summed E-state index contributed by atoms with van der Waals surface area (Å²) in [6.07, 6.45) is 3.35. The first-order valence-electron chi connectivity index (χ1n) is 9.02. The number of rotatable bonds is 4. The molecule has 2 aromatic heterocycles. The van der Waals surface area contributed by atoms with Crippen molar-refractivity contribution >= 4 is 40.3 Å². The van der Waals surface area contributed by atoms with Crippen LogP contribution < -0.4 is 0 Å². The van der Waals surface area contributed by atoms with Crippen LogP contribution in [0, 0.1) is 0 Å². The normalized spacial score (nSPS) is 19.9. The standard InChI is InChI=1S/C19H20ClN5O2S/c1-12-8-24(9-13(2)27-12)17(26)10-28-19-16-7-23-25(18(16)21-11-22-19)15-5-3-14(20)4-6-15/h3-7,11-13H,8-10H2,1-2H3/t12-,13-/m1/s1. The molecule has 3 aromatic rings. The summed E-state index contributed by atoms with van der Waals surface area (Å²) < 4.78 is 7.44. The average Bonchev–Trinajstić information content (AvgIpc) is 3.10. The summed E-state index contributed by atoms with van der Waals surface area (Å²) in [5, 5.41) is 6.66. The van der Waals surface area contributed by atoms with Crippen molar-refractivity contribution in [3.05, 3.63) is 41.8 Å². The van der Waals surface area contributed by atoms with Crippen LogP contribution >= 0.6 is 23.4 Å². The SMILES string of the molecule is C[C@@H]1CN(C(=O)CSc2ncnc3c2cnn3-c2ccc(Cl)cc2)C[C@@H](C)O1. The number of morpholine rings is 1. The summed E-state index contributed by atoms with van der Waals surface area (Å²) in [4.78, 5) is 23.2. The molecule has 1 aliphatic heterocycles. The van der Waals surface area contributed by atoms with Gasteiger partial charge in [0, 0.05) is 18.1 Å². The summed E-state index contributed by atoms with van der Waals surface area (Å²) in [5.74, 6) is 0.404. The van der Waals surface area contributed by atoms with Crippen molar-refractivity contribution < 1.29 is 9.53 Å². The van der Waals surface area contributed by atoms with E-state index >= 15 is 0 Å². The maximum atomic E-state index is 12.6. The van der Waals surface area contributed by atoms with E-state index in [-0.39, 0.29) is 18.1 Å². The molecule has 0 unspecified atom stereocenters. The quantitative estimate of drug-likeness (QED) is 0.479. The van der Waals surface area contributed by atoms with Gasteiger partial charge in [0.2, 0.25) is 5.91 Å². The van der Waals surface area contributed by atoms with Crippen molar-refractivity contribution in [2.45, 2.75) is 31.1 Å². The zero-order valence-electron chi connectivity index (χ0n) is 15.6. The van der Waals surface area contributed by atoms with E-state index in [1.54, 1.807) is 10.9 Å². The van der Waals surface area contributed by atoms with Gasteiger partial charge in [-0.25, -0.2) is 14.6 Å². The second-order valence-corrected chi connectivity index (χ2v) is 8.19. The Bertz CT molecular complexity index is 984. The number of thioether (sulfide) groups is 1. The fourth-order valence-electron chi connectivity index (χ4n) is 3.31. The molecule has 0 bridgehead atoms. The molecule has 1 amide bonds. The topological polar surface area (TPSA) is 73.1 Å². The van der Waals surface area contributed by atoms with Crippen molar-refractivity contribution in [3.63, 3.8) is 0 Å². The van der Waals surface area contributed by atoms with Gasteiger partial charge in [-0.2, -0.15) is 5.10 Å². The highest BCUT2D eigenvalue weighted by molar-refractivity contribution is 8.00. The predicted molar refractivity (Wildman–Crippen MR) is 109 cm³/mol. The Morgan fingerprint density at radius 2 is 1.93 bits per heavy atom. The molecule has 0 aliphatic carbocycles. The average molecular weight is 418 g/mol. The van der Waals surface area contributed by atoms with Crippen LogP contribution in [0.5, 0.6) is 0 Å². The summed E-state index contributed by atoms with van der Waals surface area (Å²) in [6.45, 7) is 5.22. The molecule has 0 radical (unpaired) electrons. The molecule has 28 heavy (non-hydrogen) atoms. The number of halogens is 1. The van der Waals surface area contributed by atoms with Gasteiger partial charge in [-0.05, 0) is 38.1 Å². The lowest BCUT2D eigenvalue weighted by molar-refractivity contribution is -0.140. The summed E-state index contributed by atoms with van der Waals surface area (Å²) >= 11 is 7.37. The number of benzene rings is 1. The second kappa shape index (κ2) is 8.06. The van der Waals surface area contributed by atoms with E-state index in [0.717, 1.165) is 16.1 Å². The van der Waals surface area contributed by atoms with Crippen LogP contribution in [0.25, 0.3) is 16.7 Å². The van der Waals surface area contributed by atoms with Crippen LogP contribution in [0.4, 0.5) is 0 Å². The van der Waals surface area contributed by atoms with Gasteiger partial charge in [0.25, 0.3) is 0 Å². The minimum absolute atomic E-state index is 0.0565. The number of nitrogens with zero attached hydrogens (tertiary/aromatic N) is 5. The van der Waals surface area contributed by atoms with E-state index in [9.17, 15) is 4.79 Å². The maximum absolute atomic E-state index is 12.6. The Balaban J connectivity index is 1.52. The van der Waals surface area contributed by atoms with Gasteiger partial charge in [-0.1, -0.05) is 23.4 Å². The summed E-state index contributed by atoms with van der Waals surface area (Å²) in [7, 11) is 0. The third-order valence-corrected chi connectivity index (χ3v) is 5.75. The van der Waals surface area contributed by atoms with Crippen LogP contribution in [0.3, 0.4) is 0 Å². The predicted octanol–water partition coefficient (Wildman–Crippen LogP) is 3.20. The van der Waals surface area contributed by atoms with Crippen molar-refractivity contribution in [1.29, 1.82) is 0 Å². The Morgan fingerprint density at radius 1 is 1.21 bits per heavy atom. The minimum atomic E-state index is 0.0565. The van der Waals surface area contributed by atoms with Gasteiger partial charge in [0.15, 0.2) is 5.65 Å². The fourth-order valence-corrected chi connectivity index (χ4v) is 4.30. The molecular weight excluding hydrogens is 398 g/mol. The van der Waals surface area contributed by atoms with Crippen LogP contribution in [-0.2, 0) is 9.53 Å². The molecule has 1 saturated heterocycles. The number of fused-ring (bicyclic) bond motifs is 1. The van der Waals surface area contributed by atoms with Gasteiger partial charge in [0.1, 0.15) is 11.4 Å². The van der Waals surface area contributed by atoms with E-state index in [2.05, 4.69) is 15.1 Å². The van der Waals surface area contributed by atoms with Crippen molar-refractivity contribution in [1.82, 2.24) is 24.6 Å². The first-order chi connectivity index (χ1) is 13.5. The minimum Gasteiger partial charge on any atom is -0.372 e. The maximum Gasteiger partial charge on any atom is 0.233 e. The van der Waals surface area contributed by atoms with Crippen LogP contribution in [0.15, 0.2) is 41.8 Å². The third kappa shape index (κ3) is 3.99. The lowest BCUT2D eigenvalue weighted by Crippen LogP contribution is -2.48. The number of aromatic nitrogens is 4. The number of amides is 1. The lowest BCUT2D eigenvalue weighted by atomic mass is 10.2. The van der Waals surface area contributed by atoms with Gasteiger partial charge < -0.3 is 9.64 Å². The molecule has 0 spiro atoms. The van der Waals surface area contributed by atoms with Crippen molar-refractivity contribution in [2.24, 2.45) is 0 Å². The van der Waals surface area contributed by atoms with Crippen LogP contribution in [0.1, 0.15) is 13.8 Å². The summed E-state index contributed by atoms with van der Waals surface area (Å²) in [6, 6.07) is 7.39. The van der Waals surface area contributed by atoms with Gasteiger partial charge >= 0.3 is 0 Å². The van der Waals surface area contributed by atoms with E-state index in [4.69, 9.17) is 16.3 Å². The third-order valence-electron chi connectivity index (χ3n) is 4.51. The molecule has 3 heterocycles. The highest BCUT2D eigenvalue weighted by Crippen LogP contribution is 2.26. The molecule has 9 heteroatoms. The van der Waals surface area contributed by atoms with Crippen molar-refractivity contribution in [3.8, 4) is 5.69 Å². The molecule has 1 fully saturated rings. The first-order valence-corrected chi connectivity index (χ1v) is 10.4. The monoisotopic (exact) mass is 417 g/mol. The molecule has 146 valence electrons. The van der Waals surface area contributed by atoms with Crippen molar-refractivity contribution in [2.75, 3.05) is 18.8 Å². The van der Waals surface area contributed by atoms with E-state index < -0.39 is 0 Å². The molecule has 1 aromatic carbocycles. The number of hydrogen-bond donors (Lipinski definition) is 0. The molecule has 0 saturated carbocycles. The Kier molecular flexibility index (Phi) is 5.52. The Morgan fingerprint density at radius 3 is 2.64 bits per heavy atom. The lowest BCUT2D eigenvalue weighted by Gasteiger charge is -2.35.